The summed E-state index contributed by atoms with van der Waals surface area (Å²) in [5, 5.41) is 10.1. The summed E-state index contributed by atoms with van der Waals surface area (Å²) in [6, 6.07) is 3.55. The molecule has 0 aliphatic carbocycles. The molecule has 4 N–H and O–H groups in total. The van der Waals surface area contributed by atoms with Crippen LogP contribution in [-0.2, 0) is 25.5 Å². The Kier molecular flexibility index (Phi) is 8.35. The minimum absolute atomic E-state index is 0.0334. The van der Waals surface area contributed by atoms with E-state index in [0.29, 0.717) is 22.9 Å². The van der Waals surface area contributed by atoms with Crippen LogP contribution in [0.4, 0.5) is 16.4 Å². The number of rotatable bonds is 9. The number of hydrogen-bond donors (Lipinski definition) is 4. The van der Waals surface area contributed by atoms with E-state index >= 15 is 0 Å². The molecule has 0 saturated heterocycles. The number of anilines is 2. The van der Waals surface area contributed by atoms with Crippen molar-refractivity contribution in [1.82, 2.24) is 15.3 Å². The van der Waals surface area contributed by atoms with Gasteiger partial charge in [0.15, 0.2) is 6.10 Å². The number of aromatic nitrogens is 2. The molecule has 3 rings (SSSR count). The van der Waals surface area contributed by atoms with E-state index in [1.807, 2.05) is 20.8 Å². The Bertz CT molecular complexity index is 1130. The van der Waals surface area contributed by atoms with Crippen molar-refractivity contribution in [1.29, 1.82) is 0 Å². The molecule has 4 amide bonds. The number of amides is 4. The second-order valence-electron chi connectivity index (χ2n) is 9.42. The van der Waals surface area contributed by atoms with Crippen LogP contribution in [0.5, 0.6) is 5.75 Å². The maximum atomic E-state index is 12.5. The molecule has 192 valence electrons. The van der Waals surface area contributed by atoms with Crippen molar-refractivity contribution in [3.8, 4) is 5.75 Å². The van der Waals surface area contributed by atoms with Gasteiger partial charge in [0.05, 0.1) is 12.3 Å². The molecule has 2 atom stereocenters. The number of nitroso groups, excluding NO2 is 1. The van der Waals surface area contributed by atoms with Gasteiger partial charge < -0.3 is 25.1 Å². The Hall–Kier alpha value is -4.29. The van der Waals surface area contributed by atoms with E-state index in [-0.39, 0.29) is 37.2 Å². The average molecular weight is 501 g/mol. The van der Waals surface area contributed by atoms with Crippen LogP contribution in [0.25, 0.3) is 0 Å². The number of aromatic amines is 1. The van der Waals surface area contributed by atoms with Crippen molar-refractivity contribution < 1.29 is 28.7 Å². The van der Waals surface area contributed by atoms with E-state index < -0.39 is 30.1 Å². The second kappa shape index (κ2) is 11.4. The van der Waals surface area contributed by atoms with Crippen molar-refractivity contribution in [3.05, 3.63) is 41.1 Å². The molecule has 13 heteroatoms. The van der Waals surface area contributed by atoms with E-state index in [1.165, 1.54) is 6.20 Å². The number of ether oxygens (including phenoxy) is 2. The molecule has 0 radical (unpaired) electrons. The lowest BCUT2D eigenvalue weighted by molar-refractivity contribution is -0.124. The standard InChI is InChI=1S/C23H28N6O7/c1-23(2,3)12-35-22(33)27-15(19(31)29-34)11-13-4-5-16-14(10-13)26-20(32)17(36-16)6-7-18(30)28-21-24-8-9-25-21/h4-5,8-10,15,17H,6-7,11-12H2,1-3H3,(H,26,32)(H,27,33)(H2,24,25,28,30)/t15-,17+/m0/s1. The highest BCUT2D eigenvalue weighted by Crippen LogP contribution is 2.32. The fourth-order valence-electron chi connectivity index (χ4n) is 3.27. The molecule has 13 nitrogen and oxygen atoms in total. The number of imidazole rings is 1. The number of benzene rings is 1. The molecule has 0 saturated carbocycles. The van der Waals surface area contributed by atoms with E-state index in [4.69, 9.17) is 9.47 Å². The molecule has 2 aromatic rings. The lowest BCUT2D eigenvalue weighted by Gasteiger charge is -2.26. The maximum absolute atomic E-state index is 12.5. The predicted octanol–water partition coefficient (Wildman–Crippen LogP) is 2.50. The van der Waals surface area contributed by atoms with Crippen LogP contribution in [0.2, 0.25) is 0 Å². The topological polar surface area (TPSA) is 181 Å². The van der Waals surface area contributed by atoms with Crippen LogP contribution in [0, 0.1) is 10.3 Å². The van der Waals surface area contributed by atoms with Crippen molar-refractivity contribution in [3.63, 3.8) is 0 Å². The summed E-state index contributed by atoms with van der Waals surface area (Å²) in [7, 11) is 0. The zero-order valence-corrected chi connectivity index (χ0v) is 20.1. The molecule has 0 bridgehead atoms. The first-order chi connectivity index (χ1) is 17.0. The number of nitrogens with one attached hydrogen (secondary N) is 4. The minimum Gasteiger partial charge on any atom is -0.478 e. The SMILES string of the molecule is CC(C)(C)COC(=O)N[C@@H](Cc1ccc2c(c1)NC(=O)[C@@H](CCC(=O)Nc1ncc[nH]1)O2)C(=O)N=O. The van der Waals surface area contributed by atoms with Gasteiger partial charge in [0.2, 0.25) is 11.9 Å². The van der Waals surface area contributed by atoms with Gasteiger partial charge in [0, 0.05) is 36.8 Å². The van der Waals surface area contributed by atoms with Gasteiger partial charge in [0.25, 0.3) is 5.91 Å². The number of hydrogen-bond acceptors (Lipinski definition) is 8. The zero-order valence-electron chi connectivity index (χ0n) is 20.1. The Morgan fingerprint density at radius 1 is 1.28 bits per heavy atom. The molecule has 1 aromatic heterocycles. The first kappa shape index (κ1) is 26.3. The molecule has 0 fully saturated rings. The molecule has 2 heterocycles. The summed E-state index contributed by atoms with van der Waals surface area (Å²) in [6.45, 7) is 5.74. The number of carbonyl (C=O) groups excluding carboxylic acids is 4. The summed E-state index contributed by atoms with van der Waals surface area (Å²) >= 11 is 0. The summed E-state index contributed by atoms with van der Waals surface area (Å²) in [4.78, 5) is 66.1. The van der Waals surface area contributed by atoms with Crippen LogP contribution in [0.3, 0.4) is 0 Å². The lowest BCUT2D eigenvalue weighted by Crippen LogP contribution is -2.42. The molecule has 36 heavy (non-hydrogen) atoms. The van der Waals surface area contributed by atoms with Gasteiger partial charge in [-0.05, 0) is 23.1 Å². The summed E-state index contributed by atoms with van der Waals surface area (Å²) in [5.74, 6) is -1.13. The fraction of sp³-hybridized carbons (Fsp3) is 0.435. The van der Waals surface area contributed by atoms with E-state index in [9.17, 15) is 24.1 Å². The highest BCUT2D eigenvalue weighted by Gasteiger charge is 2.29. The third-order valence-corrected chi connectivity index (χ3v) is 5.01. The Balaban J connectivity index is 1.59. The first-order valence-corrected chi connectivity index (χ1v) is 11.2. The quantitative estimate of drug-likeness (QED) is 0.379. The summed E-state index contributed by atoms with van der Waals surface area (Å²) in [5.41, 5.74) is 0.610. The number of H-pyrrole nitrogens is 1. The largest absolute Gasteiger partial charge is 0.478 e. The summed E-state index contributed by atoms with van der Waals surface area (Å²) < 4.78 is 10.8. The van der Waals surface area contributed by atoms with Crippen LogP contribution in [0.15, 0.2) is 35.8 Å². The fourth-order valence-corrected chi connectivity index (χ4v) is 3.27. The number of nitrogens with zero attached hydrogens (tertiary/aromatic N) is 2. The lowest BCUT2D eigenvalue weighted by atomic mass is 9.99. The normalized spacial score (nSPS) is 15.5. The van der Waals surface area contributed by atoms with Gasteiger partial charge in [-0.25, -0.2) is 9.78 Å². The van der Waals surface area contributed by atoms with Crippen molar-refractivity contribution in [2.75, 3.05) is 17.2 Å². The number of alkyl carbamates (subject to hydrolysis) is 1. The van der Waals surface area contributed by atoms with Gasteiger partial charge in [0.1, 0.15) is 11.8 Å². The molecule has 0 spiro atoms. The van der Waals surface area contributed by atoms with Gasteiger partial charge in [-0.1, -0.05) is 26.8 Å². The van der Waals surface area contributed by atoms with Gasteiger partial charge >= 0.3 is 12.0 Å². The smallest absolute Gasteiger partial charge is 0.407 e. The van der Waals surface area contributed by atoms with Gasteiger partial charge in [-0.15, -0.1) is 4.91 Å². The molecule has 1 aromatic carbocycles. The molecule has 0 unspecified atom stereocenters. The predicted molar refractivity (Wildman–Crippen MR) is 128 cm³/mol. The third kappa shape index (κ3) is 7.61. The van der Waals surface area contributed by atoms with E-state index in [2.05, 4.69) is 31.1 Å². The molecular formula is C23H28N6O7. The van der Waals surface area contributed by atoms with Crippen molar-refractivity contribution in [2.45, 2.75) is 52.2 Å². The average Bonchev–Trinajstić information content (AvgIpc) is 3.33. The molecular weight excluding hydrogens is 472 g/mol. The van der Waals surface area contributed by atoms with Crippen LogP contribution < -0.4 is 20.7 Å². The van der Waals surface area contributed by atoms with Crippen LogP contribution >= 0.6 is 0 Å². The monoisotopic (exact) mass is 500 g/mol. The van der Waals surface area contributed by atoms with Crippen LogP contribution in [0.1, 0.15) is 39.2 Å². The third-order valence-electron chi connectivity index (χ3n) is 5.01. The number of fused-ring (bicyclic) bond motifs is 1. The van der Waals surface area contributed by atoms with Gasteiger partial charge in [-0.3, -0.25) is 19.7 Å². The summed E-state index contributed by atoms with van der Waals surface area (Å²) in [6.07, 6.45) is 1.46. The van der Waals surface area contributed by atoms with E-state index in [1.54, 1.807) is 24.4 Å². The first-order valence-electron chi connectivity index (χ1n) is 11.2. The van der Waals surface area contributed by atoms with E-state index in [0.717, 1.165) is 0 Å². The maximum Gasteiger partial charge on any atom is 0.407 e. The highest BCUT2D eigenvalue weighted by molar-refractivity contribution is 5.98. The zero-order chi connectivity index (χ0) is 26.3. The Morgan fingerprint density at radius 3 is 2.72 bits per heavy atom. The molecule has 1 aliphatic rings. The highest BCUT2D eigenvalue weighted by atomic mass is 16.5. The number of carbonyl (C=O) groups is 4. The molecule has 1 aliphatic heterocycles. The second-order valence-corrected chi connectivity index (χ2v) is 9.42. The van der Waals surface area contributed by atoms with Crippen LogP contribution in [-0.4, -0.2) is 52.5 Å². The van der Waals surface area contributed by atoms with Crippen molar-refractivity contribution in [2.24, 2.45) is 10.6 Å². The Labute approximate surface area is 206 Å². The van der Waals surface area contributed by atoms with Gasteiger partial charge in [-0.2, -0.15) is 0 Å². The Morgan fingerprint density at radius 2 is 2.06 bits per heavy atom. The van der Waals surface area contributed by atoms with Crippen molar-refractivity contribution >= 4 is 35.5 Å². The minimum atomic E-state index is -1.24.